The molecule has 4 heteroatoms. The third-order valence-corrected chi connectivity index (χ3v) is 6.61. The number of hydrogen-bond donors (Lipinski definition) is 1. The van der Waals surface area contributed by atoms with Gasteiger partial charge in [0.1, 0.15) is 0 Å². The van der Waals surface area contributed by atoms with Crippen LogP contribution < -0.4 is 5.32 Å². The first kappa shape index (κ1) is 17.5. The fourth-order valence-corrected chi connectivity index (χ4v) is 5.19. The third-order valence-electron chi connectivity index (χ3n) is 4.93. The Morgan fingerprint density at radius 1 is 1.43 bits per heavy atom. The molecule has 1 N–H and O–H groups in total. The van der Waals surface area contributed by atoms with Crippen LogP contribution in [0.25, 0.3) is 0 Å². The van der Waals surface area contributed by atoms with E-state index in [1.54, 1.807) is 0 Å². The first-order valence-corrected chi connectivity index (χ1v) is 9.75. The van der Waals surface area contributed by atoms with Crippen molar-refractivity contribution in [3.8, 4) is 0 Å². The first-order valence-electron chi connectivity index (χ1n) is 8.08. The van der Waals surface area contributed by atoms with Gasteiger partial charge >= 0.3 is 0 Å². The molecule has 120 valence electrons. The van der Waals surface area contributed by atoms with Gasteiger partial charge < -0.3 is 10.2 Å². The minimum absolute atomic E-state index is 0.692. The lowest BCUT2D eigenvalue weighted by molar-refractivity contribution is 0.134. The zero-order chi connectivity index (χ0) is 15.4. The maximum atomic E-state index is 3.56. The maximum absolute atomic E-state index is 3.56. The standard InChI is InChI=1S/C17H29BrN2S/c1-12(2)13-5-6-17(19-3)14(7-13)9-20(4)10-16-8-15(18)11-21-16/h8,11-14,17,19H,5-7,9-10H2,1-4H3. The van der Waals surface area contributed by atoms with Crippen LogP contribution in [0.1, 0.15) is 38.0 Å². The van der Waals surface area contributed by atoms with Crippen molar-refractivity contribution in [3.63, 3.8) is 0 Å². The van der Waals surface area contributed by atoms with Crippen LogP contribution >= 0.6 is 27.3 Å². The zero-order valence-corrected chi connectivity index (χ0v) is 16.1. The normalized spacial score (nSPS) is 26.7. The molecule has 0 spiro atoms. The van der Waals surface area contributed by atoms with Crippen molar-refractivity contribution in [3.05, 3.63) is 20.8 Å². The van der Waals surface area contributed by atoms with Crippen molar-refractivity contribution in [2.24, 2.45) is 17.8 Å². The summed E-state index contributed by atoms with van der Waals surface area (Å²) in [7, 11) is 4.39. The van der Waals surface area contributed by atoms with E-state index in [1.165, 1.54) is 35.2 Å². The van der Waals surface area contributed by atoms with Gasteiger partial charge in [0.15, 0.2) is 0 Å². The largest absolute Gasteiger partial charge is 0.317 e. The molecule has 3 unspecified atom stereocenters. The number of thiophene rings is 1. The van der Waals surface area contributed by atoms with E-state index in [-0.39, 0.29) is 0 Å². The molecule has 3 atom stereocenters. The molecule has 21 heavy (non-hydrogen) atoms. The van der Waals surface area contributed by atoms with E-state index in [0.29, 0.717) is 6.04 Å². The van der Waals surface area contributed by atoms with Gasteiger partial charge in [0.25, 0.3) is 0 Å². The van der Waals surface area contributed by atoms with Gasteiger partial charge in [-0.3, -0.25) is 0 Å². The summed E-state index contributed by atoms with van der Waals surface area (Å²) in [6.45, 7) is 7.03. The Kier molecular flexibility index (Phi) is 6.73. The van der Waals surface area contributed by atoms with Crippen LogP contribution in [0, 0.1) is 17.8 Å². The van der Waals surface area contributed by atoms with Gasteiger partial charge in [-0.15, -0.1) is 11.3 Å². The highest BCUT2D eigenvalue weighted by molar-refractivity contribution is 9.10. The van der Waals surface area contributed by atoms with E-state index in [4.69, 9.17) is 0 Å². The second-order valence-corrected chi connectivity index (χ2v) is 8.81. The Balaban J connectivity index is 1.91. The molecule has 0 bridgehead atoms. The first-order chi connectivity index (χ1) is 9.99. The van der Waals surface area contributed by atoms with Gasteiger partial charge in [-0.25, -0.2) is 0 Å². The zero-order valence-electron chi connectivity index (χ0n) is 13.7. The molecule has 0 aliphatic heterocycles. The van der Waals surface area contributed by atoms with Crippen molar-refractivity contribution in [2.75, 3.05) is 20.6 Å². The SMILES string of the molecule is CNC1CCC(C(C)C)CC1CN(C)Cc1cc(Br)cs1. The Labute approximate surface area is 142 Å². The molecule has 1 heterocycles. The quantitative estimate of drug-likeness (QED) is 0.784. The molecule has 1 aliphatic carbocycles. The molecule has 1 saturated carbocycles. The predicted molar refractivity (Wildman–Crippen MR) is 96.9 cm³/mol. The molecule has 1 aromatic rings. The fourth-order valence-electron chi connectivity index (χ4n) is 3.66. The molecular formula is C17H29BrN2S. The summed E-state index contributed by atoms with van der Waals surface area (Å²) in [4.78, 5) is 3.94. The topological polar surface area (TPSA) is 15.3 Å². The lowest BCUT2D eigenvalue weighted by atomic mass is 9.73. The van der Waals surface area contributed by atoms with Gasteiger partial charge in [0, 0.05) is 33.9 Å². The van der Waals surface area contributed by atoms with Gasteiger partial charge in [-0.2, -0.15) is 0 Å². The van der Waals surface area contributed by atoms with E-state index >= 15 is 0 Å². The number of nitrogens with one attached hydrogen (secondary N) is 1. The molecule has 0 saturated heterocycles. The second-order valence-electron chi connectivity index (χ2n) is 6.90. The van der Waals surface area contributed by atoms with E-state index in [2.05, 4.69) is 65.5 Å². The lowest BCUT2D eigenvalue weighted by Gasteiger charge is -2.39. The molecule has 0 amide bonds. The van der Waals surface area contributed by atoms with E-state index in [0.717, 1.165) is 24.3 Å². The minimum Gasteiger partial charge on any atom is -0.317 e. The molecular weight excluding hydrogens is 344 g/mol. The molecule has 0 radical (unpaired) electrons. The monoisotopic (exact) mass is 372 g/mol. The Bertz CT molecular complexity index is 432. The van der Waals surface area contributed by atoms with E-state index in [1.807, 2.05) is 11.3 Å². The molecule has 1 aliphatic rings. The summed E-state index contributed by atoms with van der Waals surface area (Å²) in [6.07, 6.45) is 4.10. The minimum atomic E-state index is 0.692. The van der Waals surface area contributed by atoms with Crippen LogP contribution in [0.2, 0.25) is 0 Å². The highest BCUT2D eigenvalue weighted by atomic mass is 79.9. The fraction of sp³-hybridized carbons (Fsp3) is 0.765. The van der Waals surface area contributed by atoms with Crippen LogP contribution in [-0.4, -0.2) is 31.6 Å². The van der Waals surface area contributed by atoms with E-state index < -0.39 is 0 Å². The van der Waals surface area contributed by atoms with Gasteiger partial charge in [-0.1, -0.05) is 13.8 Å². The van der Waals surface area contributed by atoms with Crippen LogP contribution in [-0.2, 0) is 6.54 Å². The van der Waals surface area contributed by atoms with Crippen molar-refractivity contribution >= 4 is 27.3 Å². The van der Waals surface area contributed by atoms with Crippen molar-refractivity contribution in [2.45, 2.75) is 45.7 Å². The van der Waals surface area contributed by atoms with Crippen LogP contribution in [0.4, 0.5) is 0 Å². The Hall–Kier alpha value is 0.1000. The maximum Gasteiger partial charge on any atom is 0.0325 e. The van der Waals surface area contributed by atoms with Crippen molar-refractivity contribution in [1.82, 2.24) is 10.2 Å². The summed E-state index contributed by atoms with van der Waals surface area (Å²) >= 11 is 5.39. The number of rotatable bonds is 6. The van der Waals surface area contributed by atoms with Crippen molar-refractivity contribution < 1.29 is 0 Å². The summed E-state index contributed by atoms with van der Waals surface area (Å²) < 4.78 is 1.21. The van der Waals surface area contributed by atoms with Gasteiger partial charge in [0.2, 0.25) is 0 Å². The number of hydrogen-bond acceptors (Lipinski definition) is 3. The number of halogens is 1. The summed E-state index contributed by atoms with van der Waals surface area (Å²) in [5, 5.41) is 5.73. The predicted octanol–water partition coefficient (Wildman–Crippen LogP) is 4.60. The average molecular weight is 373 g/mol. The average Bonchev–Trinajstić information content (AvgIpc) is 2.83. The highest BCUT2D eigenvalue weighted by Gasteiger charge is 2.31. The Morgan fingerprint density at radius 2 is 2.19 bits per heavy atom. The summed E-state index contributed by atoms with van der Waals surface area (Å²) in [5.41, 5.74) is 0. The van der Waals surface area contributed by atoms with Crippen LogP contribution in [0.3, 0.4) is 0 Å². The summed E-state index contributed by atoms with van der Waals surface area (Å²) in [6, 6.07) is 2.94. The summed E-state index contributed by atoms with van der Waals surface area (Å²) in [5.74, 6) is 2.51. The van der Waals surface area contributed by atoms with Crippen LogP contribution in [0.5, 0.6) is 0 Å². The molecule has 2 rings (SSSR count). The molecule has 2 nitrogen and oxygen atoms in total. The Morgan fingerprint density at radius 3 is 2.76 bits per heavy atom. The van der Waals surface area contributed by atoms with Gasteiger partial charge in [0.05, 0.1) is 0 Å². The van der Waals surface area contributed by atoms with Crippen LogP contribution in [0.15, 0.2) is 15.9 Å². The van der Waals surface area contributed by atoms with Gasteiger partial charge in [-0.05, 0) is 73.1 Å². The van der Waals surface area contributed by atoms with E-state index in [9.17, 15) is 0 Å². The molecule has 0 aromatic carbocycles. The van der Waals surface area contributed by atoms with Crippen molar-refractivity contribution in [1.29, 1.82) is 0 Å². The highest BCUT2D eigenvalue weighted by Crippen LogP contribution is 2.34. The molecule has 1 aromatic heterocycles. The second kappa shape index (κ2) is 8.09. The lowest BCUT2D eigenvalue weighted by Crippen LogP contribution is -2.44. The molecule has 1 fully saturated rings. The number of nitrogens with zero attached hydrogens (tertiary/aromatic N) is 1. The third kappa shape index (κ3) is 5.05. The smallest absolute Gasteiger partial charge is 0.0325 e.